The Morgan fingerprint density at radius 1 is 0.739 bits per heavy atom. The van der Waals surface area contributed by atoms with E-state index in [1.54, 1.807) is 0 Å². The van der Waals surface area contributed by atoms with Crippen LogP contribution in [0.5, 0.6) is 0 Å². The maximum atomic E-state index is 2.42. The lowest BCUT2D eigenvalue weighted by Gasteiger charge is -2.15. The number of benzene rings is 3. The first kappa shape index (κ1) is 14.3. The van der Waals surface area contributed by atoms with E-state index < -0.39 is 0 Å². The minimum absolute atomic E-state index is 0.790. The summed E-state index contributed by atoms with van der Waals surface area (Å²) in [6, 6.07) is 24.5. The predicted molar refractivity (Wildman–Crippen MR) is 98.8 cm³/mol. The van der Waals surface area contributed by atoms with Crippen LogP contribution >= 0.6 is 0 Å². The second kappa shape index (κ2) is 5.70. The lowest BCUT2D eigenvalue weighted by Crippen LogP contribution is -1.92. The molecule has 3 aromatic rings. The van der Waals surface area contributed by atoms with Gasteiger partial charge in [0.15, 0.2) is 0 Å². The molecule has 0 atom stereocenters. The van der Waals surface area contributed by atoms with E-state index >= 15 is 0 Å². The highest BCUT2D eigenvalue weighted by molar-refractivity contribution is 5.86. The molecule has 0 saturated heterocycles. The van der Waals surface area contributed by atoms with E-state index in [0.29, 0.717) is 0 Å². The Bertz CT molecular complexity index is 839. The van der Waals surface area contributed by atoms with Crippen molar-refractivity contribution >= 4 is 0 Å². The number of hydrogen-bond acceptors (Lipinski definition) is 0. The molecule has 1 fully saturated rings. The smallest absolute Gasteiger partial charge is 0.00759 e. The van der Waals surface area contributed by atoms with Crippen LogP contribution in [-0.2, 0) is 0 Å². The molecule has 0 heterocycles. The summed E-state index contributed by atoms with van der Waals surface area (Å²) < 4.78 is 0. The molecule has 3 aromatic carbocycles. The average Bonchev–Trinajstić information content (AvgIpc) is 3.40. The van der Waals surface area contributed by atoms with Gasteiger partial charge in [-0.1, -0.05) is 72.3 Å². The summed E-state index contributed by atoms with van der Waals surface area (Å²) in [4.78, 5) is 0. The highest BCUT2D eigenvalue weighted by Crippen LogP contribution is 2.43. The largest absolute Gasteiger partial charge is 0.0622 e. The van der Waals surface area contributed by atoms with Gasteiger partial charge in [0, 0.05) is 0 Å². The quantitative estimate of drug-likeness (QED) is 0.516. The van der Waals surface area contributed by atoms with Crippen molar-refractivity contribution < 1.29 is 0 Å². The van der Waals surface area contributed by atoms with Crippen molar-refractivity contribution in [2.75, 3.05) is 0 Å². The molecule has 0 N–H and O–H groups in total. The van der Waals surface area contributed by atoms with E-state index in [4.69, 9.17) is 0 Å². The van der Waals surface area contributed by atoms with Gasteiger partial charge in [0.05, 0.1) is 0 Å². The molecule has 0 aromatic heterocycles. The third-order valence-electron chi connectivity index (χ3n) is 4.79. The molecule has 114 valence electrons. The minimum Gasteiger partial charge on any atom is -0.0622 e. The Morgan fingerprint density at radius 3 is 2.26 bits per heavy atom. The average molecular weight is 298 g/mol. The van der Waals surface area contributed by atoms with Gasteiger partial charge in [-0.3, -0.25) is 0 Å². The van der Waals surface area contributed by atoms with Gasteiger partial charge in [-0.2, -0.15) is 0 Å². The van der Waals surface area contributed by atoms with Crippen molar-refractivity contribution in [1.29, 1.82) is 0 Å². The molecule has 0 nitrogen and oxygen atoms in total. The topological polar surface area (TPSA) is 0 Å². The van der Waals surface area contributed by atoms with Crippen LogP contribution < -0.4 is 0 Å². The second-order valence-electron chi connectivity index (χ2n) is 6.77. The zero-order valence-corrected chi connectivity index (χ0v) is 13.8. The van der Waals surface area contributed by atoms with E-state index in [1.807, 2.05) is 0 Å². The molecule has 0 amide bonds. The van der Waals surface area contributed by atoms with E-state index in [1.165, 1.54) is 51.8 Å². The van der Waals surface area contributed by atoms with Crippen LogP contribution in [0.4, 0.5) is 0 Å². The first-order chi connectivity index (χ1) is 11.2. The van der Waals surface area contributed by atoms with Gasteiger partial charge < -0.3 is 0 Å². The number of aryl methyl sites for hydroxylation is 2. The van der Waals surface area contributed by atoms with Crippen molar-refractivity contribution in [2.24, 2.45) is 0 Å². The monoisotopic (exact) mass is 298 g/mol. The van der Waals surface area contributed by atoms with E-state index in [-0.39, 0.29) is 0 Å². The fourth-order valence-corrected chi connectivity index (χ4v) is 3.52. The van der Waals surface area contributed by atoms with Crippen molar-refractivity contribution in [3.05, 3.63) is 83.4 Å². The SMILES string of the molecule is Cc1cc(-c2c(C)cccc2-c2ccccc2)cc(C2CC2)c1. The molecule has 1 aliphatic carbocycles. The van der Waals surface area contributed by atoms with Gasteiger partial charge >= 0.3 is 0 Å². The molecule has 1 aliphatic rings. The number of hydrogen-bond donors (Lipinski definition) is 0. The highest BCUT2D eigenvalue weighted by Gasteiger charge is 2.24. The summed E-state index contributed by atoms with van der Waals surface area (Å²) in [6.07, 6.45) is 2.70. The zero-order chi connectivity index (χ0) is 15.8. The van der Waals surface area contributed by atoms with Crippen LogP contribution in [0.25, 0.3) is 22.3 Å². The van der Waals surface area contributed by atoms with Crippen LogP contribution in [0.2, 0.25) is 0 Å². The molecule has 23 heavy (non-hydrogen) atoms. The number of rotatable bonds is 3. The molecular weight excluding hydrogens is 276 g/mol. The van der Waals surface area contributed by atoms with Crippen LogP contribution in [-0.4, -0.2) is 0 Å². The molecular formula is C23H22. The van der Waals surface area contributed by atoms with E-state index in [9.17, 15) is 0 Å². The lowest BCUT2D eigenvalue weighted by atomic mass is 9.89. The second-order valence-corrected chi connectivity index (χ2v) is 6.77. The first-order valence-electron chi connectivity index (χ1n) is 8.49. The van der Waals surface area contributed by atoms with Crippen LogP contribution in [0, 0.1) is 13.8 Å². The molecule has 1 saturated carbocycles. The summed E-state index contributed by atoms with van der Waals surface area (Å²) in [5.74, 6) is 0.790. The Morgan fingerprint density at radius 2 is 1.52 bits per heavy atom. The summed E-state index contributed by atoms with van der Waals surface area (Å²) in [5, 5.41) is 0. The van der Waals surface area contributed by atoms with Crippen molar-refractivity contribution in [2.45, 2.75) is 32.6 Å². The van der Waals surface area contributed by atoms with E-state index in [0.717, 1.165) is 5.92 Å². The highest BCUT2D eigenvalue weighted by atomic mass is 14.3. The third-order valence-corrected chi connectivity index (χ3v) is 4.79. The molecule has 0 bridgehead atoms. The Hall–Kier alpha value is -2.34. The molecule has 0 spiro atoms. The minimum atomic E-state index is 0.790. The van der Waals surface area contributed by atoms with Gasteiger partial charge in [0.2, 0.25) is 0 Å². The van der Waals surface area contributed by atoms with Crippen molar-refractivity contribution in [3.63, 3.8) is 0 Å². The fourth-order valence-electron chi connectivity index (χ4n) is 3.52. The molecule has 0 heteroatoms. The molecule has 4 rings (SSSR count). The molecule has 0 radical (unpaired) electrons. The first-order valence-corrected chi connectivity index (χ1v) is 8.49. The van der Waals surface area contributed by atoms with Crippen molar-refractivity contribution in [1.82, 2.24) is 0 Å². The predicted octanol–water partition coefficient (Wildman–Crippen LogP) is 6.51. The standard InChI is InChI=1S/C23H22/c1-16-13-20(18-11-12-18)15-21(14-16)23-17(2)7-6-10-22(23)19-8-4-3-5-9-19/h3-10,13-15,18H,11-12H2,1-2H3. The van der Waals surface area contributed by atoms with Gasteiger partial charge in [-0.05, 0) is 66.0 Å². The fraction of sp³-hybridized carbons (Fsp3) is 0.217. The molecule has 0 aliphatic heterocycles. The Balaban J connectivity index is 1.92. The van der Waals surface area contributed by atoms with Crippen LogP contribution in [0.3, 0.4) is 0 Å². The summed E-state index contributed by atoms with van der Waals surface area (Å²) in [6.45, 7) is 4.44. The zero-order valence-electron chi connectivity index (χ0n) is 13.8. The Kier molecular flexibility index (Phi) is 3.53. The van der Waals surface area contributed by atoms with Crippen molar-refractivity contribution in [3.8, 4) is 22.3 Å². The summed E-state index contributed by atoms with van der Waals surface area (Å²) >= 11 is 0. The summed E-state index contributed by atoms with van der Waals surface area (Å²) in [5.41, 5.74) is 9.60. The van der Waals surface area contributed by atoms with Gasteiger partial charge in [-0.25, -0.2) is 0 Å². The normalized spacial score (nSPS) is 14.0. The van der Waals surface area contributed by atoms with Crippen LogP contribution in [0.15, 0.2) is 66.7 Å². The van der Waals surface area contributed by atoms with E-state index in [2.05, 4.69) is 80.6 Å². The Labute approximate surface area is 138 Å². The maximum absolute atomic E-state index is 2.42. The summed E-state index contributed by atoms with van der Waals surface area (Å²) in [7, 11) is 0. The lowest BCUT2D eigenvalue weighted by molar-refractivity contribution is 1.12. The molecule has 0 unspecified atom stereocenters. The van der Waals surface area contributed by atoms with Crippen LogP contribution in [0.1, 0.15) is 35.4 Å². The van der Waals surface area contributed by atoms with Gasteiger partial charge in [0.25, 0.3) is 0 Å². The van der Waals surface area contributed by atoms with Gasteiger partial charge in [-0.15, -0.1) is 0 Å². The van der Waals surface area contributed by atoms with Gasteiger partial charge in [0.1, 0.15) is 0 Å². The maximum Gasteiger partial charge on any atom is -0.00759 e. The third kappa shape index (κ3) is 2.82.